The fourth-order valence-electron chi connectivity index (χ4n) is 2.81. The van der Waals surface area contributed by atoms with Gasteiger partial charge in [-0.3, -0.25) is 9.36 Å². The molecule has 2 heterocycles. The van der Waals surface area contributed by atoms with E-state index in [1.807, 2.05) is 36.6 Å². The summed E-state index contributed by atoms with van der Waals surface area (Å²) in [6.07, 6.45) is 4.81. The van der Waals surface area contributed by atoms with Gasteiger partial charge in [0.25, 0.3) is 0 Å². The summed E-state index contributed by atoms with van der Waals surface area (Å²) < 4.78 is 2.25. The molecule has 2 aromatic heterocycles. The highest BCUT2D eigenvalue weighted by Gasteiger charge is 2.30. The first-order valence-electron chi connectivity index (χ1n) is 8.80. The third-order valence-corrected chi connectivity index (χ3v) is 6.87. The summed E-state index contributed by atoms with van der Waals surface area (Å²) in [6.45, 7) is 0. The number of thiophene rings is 1. The highest BCUT2D eigenvalue weighted by Crippen LogP contribution is 2.41. The number of nitrogens with one attached hydrogen (secondary N) is 1. The van der Waals surface area contributed by atoms with E-state index in [0.717, 1.165) is 26.4 Å². The number of rotatable bonds is 8. The van der Waals surface area contributed by atoms with Crippen molar-refractivity contribution in [1.82, 2.24) is 14.8 Å². The highest BCUT2D eigenvalue weighted by molar-refractivity contribution is 7.99. The van der Waals surface area contributed by atoms with E-state index < -0.39 is 0 Å². The summed E-state index contributed by atoms with van der Waals surface area (Å²) in [5, 5.41) is 14.8. The molecule has 0 atom stereocenters. The second-order valence-corrected chi connectivity index (χ2v) is 9.09. The number of carbonyl (C=O) groups is 1. The lowest BCUT2D eigenvalue weighted by atomic mass is 10.3. The summed E-state index contributed by atoms with van der Waals surface area (Å²) in [4.78, 5) is 14.5. The Kier molecular flexibility index (Phi) is 5.85. The van der Waals surface area contributed by atoms with Crippen molar-refractivity contribution in [3.8, 4) is 10.7 Å². The number of nitrogens with zero attached hydrogens (tertiary/aromatic N) is 3. The van der Waals surface area contributed by atoms with Gasteiger partial charge in [-0.1, -0.05) is 30.0 Å². The van der Waals surface area contributed by atoms with E-state index in [0.29, 0.717) is 18.2 Å². The number of benzene rings is 1. The lowest BCUT2D eigenvalue weighted by molar-refractivity contribution is -0.115. The van der Waals surface area contributed by atoms with Gasteiger partial charge in [-0.05, 0) is 42.7 Å². The Balaban J connectivity index is 1.37. The van der Waals surface area contributed by atoms with E-state index in [4.69, 9.17) is 0 Å². The van der Waals surface area contributed by atoms with Gasteiger partial charge in [0.1, 0.15) is 0 Å². The van der Waals surface area contributed by atoms with E-state index >= 15 is 0 Å². The minimum atomic E-state index is 0.0277. The molecular weight excluding hydrogens is 396 g/mol. The lowest BCUT2D eigenvalue weighted by Crippen LogP contribution is -2.13. The van der Waals surface area contributed by atoms with E-state index in [-0.39, 0.29) is 5.91 Å². The first kappa shape index (κ1) is 18.6. The zero-order chi connectivity index (χ0) is 18.6. The summed E-state index contributed by atoms with van der Waals surface area (Å²) >= 11 is 4.92. The van der Waals surface area contributed by atoms with Gasteiger partial charge < -0.3 is 5.32 Å². The number of carbonyl (C=O) groups excluding carboxylic acids is 1. The van der Waals surface area contributed by atoms with E-state index in [2.05, 4.69) is 31.5 Å². The van der Waals surface area contributed by atoms with E-state index in [1.165, 1.54) is 12.8 Å². The maximum Gasteiger partial charge on any atom is 0.225 e. The van der Waals surface area contributed by atoms with Crippen LogP contribution in [0.4, 0.5) is 5.69 Å². The van der Waals surface area contributed by atoms with Gasteiger partial charge in [-0.25, -0.2) is 0 Å². The molecule has 8 heteroatoms. The average Bonchev–Trinajstić information content (AvgIpc) is 3.20. The second-order valence-electron chi connectivity index (χ2n) is 6.23. The van der Waals surface area contributed by atoms with Crippen molar-refractivity contribution in [2.75, 3.05) is 17.3 Å². The van der Waals surface area contributed by atoms with Gasteiger partial charge >= 0.3 is 0 Å². The molecule has 3 aromatic rings. The Morgan fingerprint density at radius 2 is 2.11 bits per heavy atom. The van der Waals surface area contributed by atoms with E-state index in [9.17, 15) is 4.79 Å². The van der Waals surface area contributed by atoms with Crippen molar-refractivity contribution < 1.29 is 4.79 Å². The number of amides is 1. The van der Waals surface area contributed by atoms with Gasteiger partial charge in [0, 0.05) is 23.1 Å². The third kappa shape index (κ3) is 4.39. The van der Waals surface area contributed by atoms with Crippen molar-refractivity contribution in [2.24, 2.45) is 0 Å². The summed E-state index contributed by atoms with van der Waals surface area (Å²) in [6, 6.07) is 12.5. The van der Waals surface area contributed by atoms with Gasteiger partial charge in [0.2, 0.25) is 5.91 Å². The molecule has 0 spiro atoms. The summed E-state index contributed by atoms with van der Waals surface area (Å²) in [7, 11) is 0. The molecule has 1 amide bonds. The van der Waals surface area contributed by atoms with Gasteiger partial charge in [-0.2, -0.15) is 0 Å². The number of para-hydroxylation sites is 1. The first-order chi connectivity index (χ1) is 13.3. The maximum absolute atomic E-state index is 12.3. The molecule has 1 N–H and O–H groups in total. The molecule has 27 heavy (non-hydrogen) atoms. The molecule has 1 aromatic carbocycles. The zero-order valence-electron chi connectivity index (χ0n) is 14.9. The number of aromatic nitrogens is 3. The fraction of sp³-hybridized carbons (Fsp3) is 0.316. The summed E-state index contributed by atoms with van der Waals surface area (Å²) in [5.74, 6) is 1.66. The standard InChI is InChI=1S/C19H20N4OS3/c1-25-15-6-3-2-5-14(15)20-17(24)10-12-27-19-22-21-18(16-7-4-11-26-16)23(19)13-8-9-13/h2-7,11,13H,8-10,12H2,1H3,(H,20,24). The predicted molar refractivity (Wildman–Crippen MR) is 114 cm³/mol. The SMILES string of the molecule is CSc1ccccc1NC(=O)CCSc1nnc(-c2cccs2)n1C1CC1. The second kappa shape index (κ2) is 8.50. The van der Waals surface area contributed by atoms with Crippen LogP contribution in [0, 0.1) is 0 Å². The predicted octanol–water partition coefficient (Wildman–Crippen LogP) is 5.18. The van der Waals surface area contributed by atoms with Crippen LogP contribution >= 0.6 is 34.9 Å². The molecule has 4 rings (SSSR count). The molecule has 1 aliphatic rings. The van der Waals surface area contributed by atoms with Crippen LogP contribution in [-0.2, 0) is 4.79 Å². The normalized spacial score (nSPS) is 13.7. The Hall–Kier alpha value is -1.77. The van der Waals surface area contributed by atoms with Crippen molar-refractivity contribution >= 4 is 46.5 Å². The lowest BCUT2D eigenvalue weighted by Gasteiger charge is -2.09. The molecule has 0 bridgehead atoms. The highest BCUT2D eigenvalue weighted by atomic mass is 32.2. The van der Waals surface area contributed by atoms with Crippen LogP contribution < -0.4 is 5.32 Å². The van der Waals surface area contributed by atoms with Crippen LogP contribution in [0.3, 0.4) is 0 Å². The minimum Gasteiger partial charge on any atom is -0.325 e. The first-order valence-corrected chi connectivity index (χ1v) is 11.9. The van der Waals surface area contributed by atoms with Crippen LogP contribution in [-0.4, -0.2) is 32.7 Å². The molecule has 0 aliphatic heterocycles. The van der Waals surface area contributed by atoms with Gasteiger partial charge in [0.05, 0.1) is 10.6 Å². The number of hydrogen-bond acceptors (Lipinski definition) is 6. The van der Waals surface area contributed by atoms with Crippen LogP contribution in [0.2, 0.25) is 0 Å². The Labute approximate surface area is 171 Å². The van der Waals surface area contributed by atoms with Crippen molar-refractivity contribution in [1.29, 1.82) is 0 Å². The molecule has 1 saturated carbocycles. The van der Waals surface area contributed by atoms with Crippen molar-refractivity contribution in [3.05, 3.63) is 41.8 Å². The Morgan fingerprint density at radius 3 is 2.85 bits per heavy atom. The molecule has 0 radical (unpaired) electrons. The zero-order valence-corrected chi connectivity index (χ0v) is 17.4. The minimum absolute atomic E-state index is 0.0277. The Morgan fingerprint density at radius 1 is 1.26 bits per heavy atom. The average molecular weight is 417 g/mol. The fourth-order valence-corrected chi connectivity index (χ4v) is 5.01. The quantitative estimate of drug-likeness (QED) is 0.513. The third-order valence-electron chi connectivity index (χ3n) is 4.26. The molecular formula is C19H20N4OS3. The number of anilines is 1. The largest absolute Gasteiger partial charge is 0.325 e. The van der Waals surface area contributed by atoms with Crippen LogP contribution in [0.15, 0.2) is 51.8 Å². The van der Waals surface area contributed by atoms with E-state index in [1.54, 1.807) is 34.9 Å². The molecule has 140 valence electrons. The smallest absolute Gasteiger partial charge is 0.225 e. The monoisotopic (exact) mass is 416 g/mol. The molecule has 1 fully saturated rings. The van der Waals surface area contributed by atoms with Crippen LogP contribution in [0.25, 0.3) is 10.7 Å². The molecule has 0 unspecified atom stereocenters. The number of thioether (sulfide) groups is 2. The van der Waals surface area contributed by atoms with Crippen LogP contribution in [0.1, 0.15) is 25.3 Å². The summed E-state index contributed by atoms with van der Waals surface area (Å²) in [5.41, 5.74) is 0.876. The topological polar surface area (TPSA) is 59.8 Å². The van der Waals surface area contributed by atoms with Crippen LogP contribution in [0.5, 0.6) is 0 Å². The van der Waals surface area contributed by atoms with Gasteiger partial charge in [0.15, 0.2) is 11.0 Å². The van der Waals surface area contributed by atoms with Gasteiger partial charge in [-0.15, -0.1) is 33.3 Å². The Bertz CT molecular complexity index is 919. The van der Waals surface area contributed by atoms with Crippen molar-refractivity contribution in [3.63, 3.8) is 0 Å². The molecule has 0 saturated heterocycles. The molecule has 1 aliphatic carbocycles. The molecule has 5 nitrogen and oxygen atoms in total. The van der Waals surface area contributed by atoms with Crippen molar-refractivity contribution in [2.45, 2.75) is 35.4 Å². The number of hydrogen-bond donors (Lipinski definition) is 1. The maximum atomic E-state index is 12.3.